The lowest BCUT2D eigenvalue weighted by Gasteiger charge is -2.04. The van der Waals surface area contributed by atoms with E-state index in [0.29, 0.717) is 11.6 Å². The first-order valence-corrected chi connectivity index (χ1v) is 18.4. The van der Waals surface area contributed by atoms with Crippen LogP contribution < -0.4 is 4.57 Å². The SMILES string of the molecule is N#Cc1ccc(C=Cc2ccc(O)c(O)c2)cc1.Oc1ccc(C=Cc2c(F)c(F)c(F)c(F)c2F)cc1O.Oc1ccc(C=Cc2cc[n+](Cc3ccccc3)cc2)cc1O. The first-order valence-electron chi connectivity index (χ1n) is 18.4. The Kier molecular flexibility index (Phi) is 15.2. The molecule has 62 heavy (non-hydrogen) atoms. The Bertz CT molecular complexity index is 2760. The van der Waals surface area contributed by atoms with E-state index in [4.69, 9.17) is 10.4 Å². The topological polar surface area (TPSA) is 149 Å². The van der Waals surface area contributed by atoms with E-state index < -0.39 is 46.1 Å². The zero-order chi connectivity index (χ0) is 44.8. The van der Waals surface area contributed by atoms with E-state index in [1.165, 1.54) is 35.9 Å². The van der Waals surface area contributed by atoms with E-state index >= 15 is 0 Å². The molecule has 0 fully saturated rings. The first kappa shape index (κ1) is 44.7. The minimum absolute atomic E-state index is 0.108. The summed E-state index contributed by atoms with van der Waals surface area (Å²) >= 11 is 0. The Balaban J connectivity index is 0.000000177. The predicted molar refractivity (Wildman–Crippen MR) is 226 cm³/mol. The van der Waals surface area contributed by atoms with Crippen LogP contribution in [0.1, 0.15) is 44.5 Å². The number of pyridine rings is 1. The standard InChI is InChI=1S/C20H17NO2.C15H11NO2.C14H7F5O2/c22-19-9-8-17(14-20(19)23)7-6-16-10-12-21(13-11-16)15-18-4-2-1-3-5-18;16-10-13-5-2-11(3-6-13)1-4-12-7-8-14(17)15(18)9-12;15-10-7(11(16)13(18)14(19)12(10)17)3-1-6-2-4-8(20)9(21)5-6/h1-14,23H,15H2;1-9,17-18H;1-5,20-21H/p+1. The minimum Gasteiger partial charge on any atom is -0.504 e. The van der Waals surface area contributed by atoms with Crippen LogP contribution in [0.3, 0.4) is 0 Å². The summed E-state index contributed by atoms with van der Waals surface area (Å²) in [5, 5.41) is 64.3. The molecule has 0 aliphatic rings. The van der Waals surface area contributed by atoms with Gasteiger partial charge in [0.1, 0.15) is 0 Å². The highest BCUT2D eigenvalue weighted by Gasteiger charge is 2.24. The molecule has 1 aromatic heterocycles. The van der Waals surface area contributed by atoms with Gasteiger partial charge in [0.25, 0.3) is 0 Å². The highest BCUT2D eigenvalue weighted by Crippen LogP contribution is 2.29. The van der Waals surface area contributed by atoms with Crippen LogP contribution in [-0.2, 0) is 6.54 Å². The number of aromatic nitrogens is 1. The van der Waals surface area contributed by atoms with Crippen molar-refractivity contribution < 1.29 is 57.2 Å². The molecule has 0 atom stereocenters. The molecule has 7 rings (SSSR count). The first-order chi connectivity index (χ1) is 29.7. The van der Waals surface area contributed by atoms with Crippen LogP contribution in [0.25, 0.3) is 36.5 Å². The van der Waals surface area contributed by atoms with E-state index in [9.17, 15) is 47.5 Å². The quantitative estimate of drug-likeness (QED) is 0.0223. The Morgan fingerprint density at radius 1 is 0.419 bits per heavy atom. The van der Waals surface area contributed by atoms with Gasteiger partial charge in [-0.05, 0) is 82.4 Å². The molecule has 0 aliphatic heterocycles. The van der Waals surface area contributed by atoms with Crippen molar-refractivity contribution in [1.82, 2.24) is 0 Å². The lowest BCUT2D eigenvalue weighted by atomic mass is 10.1. The molecule has 1 heterocycles. The molecular weight excluding hydrogens is 808 g/mol. The fourth-order valence-corrected chi connectivity index (χ4v) is 5.41. The summed E-state index contributed by atoms with van der Waals surface area (Å²) < 4.78 is 67.7. The maximum absolute atomic E-state index is 13.4. The highest BCUT2D eigenvalue weighted by molar-refractivity contribution is 5.73. The summed E-state index contributed by atoms with van der Waals surface area (Å²) in [6.45, 7) is 0.844. The molecule has 0 bridgehead atoms. The van der Waals surface area contributed by atoms with Gasteiger partial charge in [-0.2, -0.15) is 5.26 Å². The normalized spacial score (nSPS) is 10.9. The van der Waals surface area contributed by atoms with Gasteiger partial charge in [-0.1, -0.05) is 91.0 Å². The Morgan fingerprint density at radius 3 is 1.21 bits per heavy atom. The van der Waals surface area contributed by atoms with Crippen molar-refractivity contribution >= 4 is 36.5 Å². The van der Waals surface area contributed by atoms with Crippen LogP contribution in [-0.4, -0.2) is 30.6 Å². The number of benzene rings is 6. The lowest BCUT2D eigenvalue weighted by Crippen LogP contribution is -2.32. The Labute approximate surface area is 352 Å². The number of aromatic hydroxyl groups is 6. The van der Waals surface area contributed by atoms with Crippen LogP contribution >= 0.6 is 0 Å². The Morgan fingerprint density at radius 2 is 0.790 bits per heavy atom. The number of hydrogen-bond donors (Lipinski definition) is 6. The summed E-state index contributed by atoms with van der Waals surface area (Å²) in [6, 6.07) is 36.5. The number of nitriles is 1. The third-order valence-corrected chi connectivity index (χ3v) is 8.79. The number of phenolic OH excluding ortho intramolecular Hbond substituents is 6. The number of hydrogen-bond acceptors (Lipinski definition) is 7. The van der Waals surface area contributed by atoms with Crippen LogP contribution in [0.5, 0.6) is 34.5 Å². The van der Waals surface area contributed by atoms with Gasteiger partial charge in [-0.3, -0.25) is 0 Å². The maximum Gasteiger partial charge on any atom is 0.200 e. The van der Waals surface area contributed by atoms with Crippen molar-refractivity contribution in [2.75, 3.05) is 0 Å². The second-order valence-corrected chi connectivity index (χ2v) is 13.3. The van der Waals surface area contributed by atoms with Crippen molar-refractivity contribution in [3.63, 3.8) is 0 Å². The molecule has 6 N–H and O–H groups in total. The van der Waals surface area contributed by atoms with E-state index in [1.54, 1.807) is 24.3 Å². The van der Waals surface area contributed by atoms with Crippen molar-refractivity contribution in [3.8, 4) is 40.6 Å². The zero-order valence-electron chi connectivity index (χ0n) is 32.3. The van der Waals surface area contributed by atoms with E-state index in [2.05, 4.69) is 22.8 Å². The summed E-state index contributed by atoms with van der Waals surface area (Å²) in [5.74, 6) is -11.6. The lowest BCUT2D eigenvalue weighted by molar-refractivity contribution is -0.688. The van der Waals surface area contributed by atoms with Gasteiger partial charge in [0.15, 0.2) is 76.7 Å². The van der Waals surface area contributed by atoms with Crippen molar-refractivity contribution in [2.24, 2.45) is 0 Å². The highest BCUT2D eigenvalue weighted by atomic mass is 19.2. The fraction of sp³-hybridized carbons (Fsp3) is 0.0204. The van der Waals surface area contributed by atoms with E-state index in [0.717, 1.165) is 47.0 Å². The summed E-state index contributed by atoms with van der Waals surface area (Å²) in [5.41, 5.74) is 4.63. The largest absolute Gasteiger partial charge is 0.504 e. The zero-order valence-corrected chi connectivity index (χ0v) is 32.3. The van der Waals surface area contributed by atoms with Gasteiger partial charge >= 0.3 is 0 Å². The van der Waals surface area contributed by atoms with Crippen molar-refractivity contribution in [1.29, 1.82) is 5.26 Å². The molecule has 0 amide bonds. The molecule has 8 nitrogen and oxygen atoms in total. The smallest absolute Gasteiger partial charge is 0.200 e. The Hall–Kier alpha value is -8.37. The molecule has 312 valence electrons. The third-order valence-electron chi connectivity index (χ3n) is 8.79. The van der Waals surface area contributed by atoms with Gasteiger partial charge in [0.05, 0.1) is 17.2 Å². The second-order valence-electron chi connectivity index (χ2n) is 13.3. The number of halogens is 5. The van der Waals surface area contributed by atoms with Gasteiger partial charge in [-0.15, -0.1) is 0 Å². The molecule has 0 saturated carbocycles. The van der Waals surface area contributed by atoms with E-state index in [1.807, 2.05) is 79.2 Å². The number of phenols is 6. The van der Waals surface area contributed by atoms with Crippen LogP contribution in [0.15, 0.2) is 134 Å². The van der Waals surface area contributed by atoms with Crippen LogP contribution in [0.2, 0.25) is 0 Å². The number of nitrogens with zero attached hydrogens (tertiary/aromatic N) is 2. The third kappa shape index (κ3) is 12.3. The van der Waals surface area contributed by atoms with Gasteiger partial charge in [0.2, 0.25) is 5.82 Å². The maximum atomic E-state index is 13.4. The fourth-order valence-electron chi connectivity index (χ4n) is 5.41. The van der Waals surface area contributed by atoms with Crippen molar-refractivity contribution in [3.05, 3.63) is 207 Å². The van der Waals surface area contributed by atoms with Gasteiger partial charge in [-0.25, -0.2) is 26.5 Å². The van der Waals surface area contributed by atoms with Gasteiger partial charge < -0.3 is 30.6 Å². The molecule has 0 unspecified atom stereocenters. The second kappa shape index (κ2) is 21.1. The van der Waals surface area contributed by atoms with Crippen molar-refractivity contribution in [2.45, 2.75) is 6.54 Å². The number of rotatable bonds is 8. The molecule has 0 aliphatic carbocycles. The molecule has 6 aromatic carbocycles. The average Bonchev–Trinajstić information content (AvgIpc) is 3.28. The summed E-state index contributed by atoms with van der Waals surface area (Å²) in [4.78, 5) is 0. The molecule has 0 radical (unpaired) electrons. The molecule has 13 heteroatoms. The van der Waals surface area contributed by atoms with Gasteiger partial charge in [0, 0.05) is 17.7 Å². The predicted octanol–water partition coefficient (Wildman–Crippen LogP) is 10.7. The average molecular weight is 844 g/mol. The van der Waals surface area contributed by atoms with Crippen LogP contribution in [0.4, 0.5) is 22.0 Å². The molecule has 0 saturated heterocycles. The monoisotopic (exact) mass is 843 g/mol. The van der Waals surface area contributed by atoms with Crippen LogP contribution in [0, 0.1) is 40.4 Å². The summed E-state index contributed by atoms with van der Waals surface area (Å²) in [7, 11) is 0. The minimum atomic E-state index is -2.23. The molecule has 7 aromatic rings. The molecule has 0 spiro atoms. The molecular formula is C49H36F5N2O6+. The van der Waals surface area contributed by atoms with E-state index in [-0.39, 0.29) is 28.6 Å². The summed E-state index contributed by atoms with van der Waals surface area (Å²) in [6.07, 6.45) is 13.4.